The Morgan fingerprint density at radius 3 is 2.65 bits per heavy atom. The number of hydrogen-bond donors (Lipinski definition) is 1. The van der Waals surface area contributed by atoms with Crippen LogP contribution in [0.1, 0.15) is 52.9 Å². The molecule has 0 spiro atoms. The van der Waals surface area contributed by atoms with Crippen LogP contribution in [0.2, 0.25) is 0 Å². The average molecular weight is 241 g/mol. The lowest BCUT2D eigenvalue weighted by molar-refractivity contribution is 0.139. The van der Waals surface area contributed by atoms with Crippen molar-refractivity contribution in [2.24, 2.45) is 17.8 Å². The number of rotatable bonds is 7. The first-order chi connectivity index (χ1) is 8.19. The molecule has 1 rings (SSSR count). The molecule has 0 heterocycles. The summed E-state index contributed by atoms with van der Waals surface area (Å²) in [6, 6.07) is 0.756. The second kappa shape index (κ2) is 8.10. The Kier molecular flexibility index (Phi) is 7.14. The Labute approximate surface area is 108 Å². The molecule has 0 aliphatic heterocycles. The fraction of sp³-hybridized carbons (Fsp3) is 1.00. The van der Waals surface area contributed by atoms with Crippen molar-refractivity contribution in [3.8, 4) is 0 Å². The molecule has 1 N–H and O–H groups in total. The molecule has 0 aromatic heterocycles. The van der Waals surface area contributed by atoms with Crippen LogP contribution < -0.4 is 5.32 Å². The molecule has 1 aliphatic carbocycles. The Morgan fingerprint density at radius 2 is 2.06 bits per heavy atom. The second-order valence-corrected chi connectivity index (χ2v) is 5.88. The van der Waals surface area contributed by atoms with Gasteiger partial charge in [0.05, 0.1) is 0 Å². The highest BCUT2D eigenvalue weighted by molar-refractivity contribution is 4.85. The first-order valence-electron chi connectivity index (χ1n) is 7.41. The molecular formula is C15H31NO. The molecule has 0 bridgehead atoms. The van der Waals surface area contributed by atoms with Gasteiger partial charge in [0.2, 0.25) is 0 Å². The largest absolute Gasteiger partial charge is 0.385 e. The molecule has 2 nitrogen and oxygen atoms in total. The van der Waals surface area contributed by atoms with Gasteiger partial charge in [-0.05, 0) is 56.4 Å². The summed E-state index contributed by atoms with van der Waals surface area (Å²) in [5.41, 5.74) is 0. The highest BCUT2D eigenvalue weighted by Gasteiger charge is 2.30. The molecule has 1 fully saturated rings. The summed E-state index contributed by atoms with van der Waals surface area (Å²) >= 11 is 0. The van der Waals surface area contributed by atoms with Gasteiger partial charge in [-0.25, -0.2) is 0 Å². The van der Waals surface area contributed by atoms with Crippen LogP contribution >= 0.6 is 0 Å². The van der Waals surface area contributed by atoms with Gasteiger partial charge in [-0.1, -0.05) is 20.8 Å². The van der Waals surface area contributed by atoms with E-state index in [0.29, 0.717) is 0 Å². The van der Waals surface area contributed by atoms with E-state index >= 15 is 0 Å². The third-order valence-electron chi connectivity index (χ3n) is 4.36. The van der Waals surface area contributed by atoms with Crippen LogP contribution in [-0.4, -0.2) is 26.3 Å². The van der Waals surface area contributed by atoms with E-state index in [0.717, 1.165) is 36.9 Å². The van der Waals surface area contributed by atoms with E-state index in [1.165, 1.54) is 32.1 Å². The van der Waals surface area contributed by atoms with Crippen LogP contribution in [0.5, 0.6) is 0 Å². The van der Waals surface area contributed by atoms with Crippen molar-refractivity contribution in [2.75, 3.05) is 20.3 Å². The fourth-order valence-electron chi connectivity index (χ4n) is 3.25. The van der Waals surface area contributed by atoms with Gasteiger partial charge in [0.25, 0.3) is 0 Å². The lowest BCUT2D eigenvalue weighted by Crippen LogP contribution is -2.41. The maximum absolute atomic E-state index is 5.18. The van der Waals surface area contributed by atoms with Gasteiger partial charge in [-0.15, -0.1) is 0 Å². The van der Waals surface area contributed by atoms with E-state index in [9.17, 15) is 0 Å². The average Bonchev–Trinajstić information content (AvgIpc) is 2.31. The Balaban J connectivity index is 2.43. The van der Waals surface area contributed by atoms with Crippen molar-refractivity contribution in [1.29, 1.82) is 0 Å². The molecular weight excluding hydrogens is 210 g/mol. The topological polar surface area (TPSA) is 21.3 Å². The fourth-order valence-corrected chi connectivity index (χ4v) is 3.25. The highest BCUT2D eigenvalue weighted by Crippen LogP contribution is 2.36. The van der Waals surface area contributed by atoms with Crippen LogP contribution in [0.3, 0.4) is 0 Å². The third-order valence-corrected chi connectivity index (χ3v) is 4.36. The van der Waals surface area contributed by atoms with Gasteiger partial charge in [0.1, 0.15) is 0 Å². The number of ether oxygens (including phenoxy) is 1. The zero-order valence-electron chi connectivity index (χ0n) is 12.2. The third kappa shape index (κ3) is 4.97. The number of nitrogens with one attached hydrogen (secondary N) is 1. The minimum Gasteiger partial charge on any atom is -0.385 e. The lowest BCUT2D eigenvalue weighted by Gasteiger charge is -2.38. The summed E-state index contributed by atoms with van der Waals surface area (Å²) in [5, 5.41) is 3.68. The molecule has 3 atom stereocenters. The summed E-state index contributed by atoms with van der Waals surface area (Å²) < 4.78 is 5.18. The second-order valence-electron chi connectivity index (χ2n) is 5.88. The normalized spacial score (nSPS) is 29.8. The smallest absolute Gasteiger partial charge is 0.0462 e. The zero-order valence-corrected chi connectivity index (χ0v) is 12.2. The van der Waals surface area contributed by atoms with Crippen molar-refractivity contribution in [1.82, 2.24) is 5.32 Å². The summed E-state index contributed by atoms with van der Waals surface area (Å²) in [4.78, 5) is 0. The standard InChI is InChI=1S/C15H31NO/c1-5-16-15-9-8-13(12(2)3)11-14(15)7-6-10-17-4/h12-16H,5-11H2,1-4H3. The predicted octanol–water partition coefficient (Wildman–Crippen LogP) is 3.46. The van der Waals surface area contributed by atoms with Gasteiger partial charge in [0, 0.05) is 19.8 Å². The van der Waals surface area contributed by atoms with E-state index < -0.39 is 0 Å². The van der Waals surface area contributed by atoms with Crippen molar-refractivity contribution in [2.45, 2.75) is 58.9 Å². The molecule has 1 saturated carbocycles. The Morgan fingerprint density at radius 1 is 1.29 bits per heavy atom. The summed E-state index contributed by atoms with van der Waals surface area (Å²) in [5.74, 6) is 2.66. The first kappa shape index (κ1) is 15.0. The van der Waals surface area contributed by atoms with Gasteiger partial charge >= 0.3 is 0 Å². The van der Waals surface area contributed by atoms with Crippen LogP contribution in [0, 0.1) is 17.8 Å². The van der Waals surface area contributed by atoms with Crippen molar-refractivity contribution < 1.29 is 4.74 Å². The summed E-state index contributed by atoms with van der Waals surface area (Å²) in [7, 11) is 1.81. The summed E-state index contributed by atoms with van der Waals surface area (Å²) in [6.45, 7) is 9.01. The molecule has 1 aliphatic rings. The Bertz CT molecular complexity index is 193. The predicted molar refractivity (Wildman–Crippen MR) is 74.2 cm³/mol. The van der Waals surface area contributed by atoms with Crippen molar-refractivity contribution in [3.05, 3.63) is 0 Å². The molecule has 0 aromatic carbocycles. The number of hydrogen-bond acceptors (Lipinski definition) is 2. The lowest BCUT2D eigenvalue weighted by atomic mass is 9.72. The van der Waals surface area contributed by atoms with E-state index in [1.807, 2.05) is 0 Å². The molecule has 0 amide bonds. The molecule has 0 radical (unpaired) electrons. The van der Waals surface area contributed by atoms with E-state index in [1.54, 1.807) is 7.11 Å². The van der Waals surface area contributed by atoms with E-state index in [-0.39, 0.29) is 0 Å². The van der Waals surface area contributed by atoms with Crippen LogP contribution in [0.25, 0.3) is 0 Å². The maximum atomic E-state index is 5.18. The molecule has 102 valence electrons. The SMILES string of the molecule is CCNC1CCC(C(C)C)CC1CCCOC. The van der Waals surface area contributed by atoms with E-state index in [4.69, 9.17) is 4.74 Å². The molecule has 0 aromatic rings. The van der Waals surface area contributed by atoms with Gasteiger partial charge in [0.15, 0.2) is 0 Å². The monoisotopic (exact) mass is 241 g/mol. The number of methoxy groups -OCH3 is 1. The van der Waals surface area contributed by atoms with Gasteiger partial charge < -0.3 is 10.1 Å². The quantitative estimate of drug-likeness (QED) is 0.689. The zero-order chi connectivity index (χ0) is 12.7. The minimum absolute atomic E-state index is 0.756. The van der Waals surface area contributed by atoms with Crippen molar-refractivity contribution >= 4 is 0 Å². The molecule has 2 heteroatoms. The first-order valence-corrected chi connectivity index (χ1v) is 7.41. The molecule has 3 unspecified atom stereocenters. The molecule has 17 heavy (non-hydrogen) atoms. The minimum atomic E-state index is 0.756. The van der Waals surface area contributed by atoms with E-state index in [2.05, 4.69) is 26.1 Å². The highest BCUT2D eigenvalue weighted by atomic mass is 16.5. The maximum Gasteiger partial charge on any atom is 0.0462 e. The van der Waals surface area contributed by atoms with Crippen LogP contribution in [0.4, 0.5) is 0 Å². The van der Waals surface area contributed by atoms with Crippen molar-refractivity contribution in [3.63, 3.8) is 0 Å². The Hall–Kier alpha value is -0.0800. The van der Waals surface area contributed by atoms with Gasteiger partial charge in [-0.2, -0.15) is 0 Å². The summed E-state index contributed by atoms with van der Waals surface area (Å²) in [6.07, 6.45) is 6.74. The molecule has 0 saturated heterocycles. The van der Waals surface area contributed by atoms with Crippen LogP contribution in [0.15, 0.2) is 0 Å². The van der Waals surface area contributed by atoms with Crippen LogP contribution in [-0.2, 0) is 4.74 Å². The van der Waals surface area contributed by atoms with Gasteiger partial charge in [-0.3, -0.25) is 0 Å².